The lowest BCUT2D eigenvalue weighted by Gasteiger charge is -2.46. The van der Waals surface area contributed by atoms with Crippen LogP contribution in [0.1, 0.15) is 38.8 Å². The number of hydrogen-bond acceptors (Lipinski definition) is 6. The standard InChI is InChI=1S/C37H34BrN3O5S/c1-24-10-14-27(15-11-24)39-47(43,44)29-18-19-33-31(20-29)37(42)41(28-16-12-25(2)13-17-28)36(40(33)23-26-8-6-5-7-9-26)30-21-34(45-3)35(46-4)22-32(30)38/h5-22,36,39H,23H2,1-4H3/t36-/m0/s1. The molecular weight excluding hydrogens is 678 g/mol. The smallest absolute Gasteiger partial charge is 0.262 e. The number of benzene rings is 5. The number of carbonyl (C=O) groups excluding carboxylic acids is 1. The number of ether oxygens (including phenoxy) is 2. The summed E-state index contributed by atoms with van der Waals surface area (Å²) in [5.41, 5.74) is 5.78. The van der Waals surface area contributed by atoms with Crippen LogP contribution in [0.4, 0.5) is 17.1 Å². The lowest BCUT2D eigenvalue weighted by Crippen LogP contribution is -2.49. The van der Waals surface area contributed by atoms with Gasteiger partial charge in [-0.05, 0) is 74.0 Å². The summed E-state index contributed by atoms with van der Waals surface area (Å²) in [7, 11) is -0.868. The Balaban J connectivity index is 1.56. The Bertz CT molecular complexity index is 2040. The Morgan fingerprint density at radius 3 is 2.04 bits per heavy atom. The summed E-state index contributed by atoms with van der Waals surface area (Å²) < 4.78 is 41.9. The van der Waals surface area contributed by atoms with Gasteiger partial charge in [0.1, 0.15) is 6.17 Å². The van der Waals surface area contributed by atoms with Gasteiger partial charge in [0.2, 0.25) is 0 Å². The van der Waals surface area contributed by atoms with E-state index >= 15 is 0 Å². The zero-order chi connectivity index (χ0) is 33.3. The van der Waals surface area contributed by atoms with Gasteiger partial charge in [0.15, 0.2) is 11.5 Å². The highest BCUT2D eigenvalue weighted by molar-refractivity contribution is 9.10. The molecule has 1 aliphatic rings. The molecule has 0 radical (unpaired) electrons. The van der Waals surface area contributed by atoms with Crippen LogP contribution >= 0.6 is 15.9 Å². The Morgan fingerprint density at radius 1 is 0.787 bits per heavy atom. The summed E-state index contributed by atoms with van der Waals surface area (Å²) in [4.78, 5) is 18.6. The fourth-order valence-corrected chi connectivity index (χ4v) is 7.35. The molecule has 0 aromatic heterocycles. The topological polar surface area (TPSA) is 88.2 Å². The van der Waals surface area contributed by atoms with Crippen LogP contribution < -0.4 is 24.0 Å². The molecule has 0 unspecified atom stereocenters. The molecule has 0 aliphatic carbocycles. The normalized spacial score (nSPS) is 14.5. The Kier molecular flexibility index (Phi) is 8.98. The molecule has 1 N–H and O–H groups in total. The zero-order valence-electron chi connectivity index (χ0n) is 26.4. The van der Waals surface area contributed by atoms with E-state index in [4.69, 9.17) is 9.47 Å². The van der Waals surface area contributed by atoms with Gasteiger partial charge in [-0.1, -0.05) is 81.7 Å². The molecule has 0 fully saturated rings. The van der Waals surface area contributed by atoms with Gasteiger partial charge >= 0.3 is 0 Å². The van der Waals surface area contributed by atoms with Crippen molar-refractivity contribution in [2.45, 2.75) is 31.5 Å². The molecule has 240 valence electrons. The molecule has 1 amide bonds. The van der Waals surface area contributed by atoms with Gasteiger partial charge in [-0.2, -0.15) is 0 Å². The second kappa shape index (κ2) is 13.1. The van der Waals surface area contributed by atoms with E-state index in [0.717, 1.165) is 22.3 Å². The number of rotatable bonds is 9. The van der Waals surface area contributed by atoms with Gasteiger partial charge in [-0.15, -0.1) is 0 Å². The van der Waals surface area contributed by atoms with Crippen LogP contribution in [0, 0.1) is 13.8 Å². The van der Waals surface area contributed by atoms with Crippen molar-refractivity contribution in [2.24, 2.45) is 0 Å². The molecule has 8 nitrogen and oxygen atoms in total. The number of halogens is 1. The van der Waals surface area contributed by atoms with E-state index in [2.05, 4.69) is 25.6 Å². The molecule has 0 spiro atoms. The molecule has 0 bridgehead atoms. The third-order valence-electron chi connectivity index (χ3n) is 8.17. The van der Waals surface area contributed by atoms with Crippen LogP contribution in [-0.4, -0.2) is 28.5 Å². The van der Waals surface area contributed by atoms with Crippen LogP contribution in [-0.2, 0) is 16.6 Å². The molecule has 0 saturated carbocycles. The van der Waals surface area contributed by atoms with Crippen LogP contribution in [0.3, 0.4) is 0 Å². The number of fused-ring (bicyclic) bond motifs is 1. The number of amides is 1. The molecule has 1 aliphatic heterocycles. The summed E-state index contributed by atoms with van der Waals surface area (Å²) in [6, 6.07) is 33.2. The van der Waals surface area contributed by atoms with E-state index in [9.17, 15) is 13.2 Å². The first kappa shape index (κ1) is 32.2. The highest BCUT2D eigenvalue weighted by Crippen LogP contribution is 2.47. The third-order valence-corrected chi connectivity index (χ3v) is 10.2. The minimum Gasteiger partial charge on any atom is -0.493 e. The molecule has 1 atom stereocenters. The number of methoxy groups -OCH3 is 2. The molecule has 6 rings (SSSR count). The summed E-state index contributed by atoms with van der Waals surface area (Å²) >= 11 is 3.76. The van der Waals surface area contributed by atoms with Crippen LogP contribution in [0.2, 0.25) is 0 Å². The van der Waals surface area contributed by atoms with Crippen molar-refractivity contribution in [2.75, 3.05) is 28.7 Å². The van der Waals surface area contributed by atoms with Crippen molar-refractivity contribution in [3.8, 4) is 11.5 Å². The molecule has 47 heavy (non-hydrogen) atoms. The monoisotopic (exact) mass is 711 g/mol. The molecule has 5 aromatic carbocycles. The predicted molar refractivity (Wildman–Crippen MR) is 189 cm³/mol. The van der Waals surface area contributed by atoms with Crippen LogP contribution in [0.25, 0.3) is 0 Å². The van der Waals surface area contributed by atoms with E-state index in [-0.39, 0.29) is 16.4 Å². The van der Waals surface area contributed by atoms with E-state index < -0.39 is 16.2 Å². The second-order valence-corrected chi connectivity index (χ2v) is 13.9. The first-order chi connectivity index (χ1) is 22.6. The molecule has 10 heteroatoms. The number of aryl methyl sites for hydroxylation is 2. The SMILES string of the molecule is COc1cc(Br)c([C@H]2N(Cc3ccccc3)c3ccc(S(=O)(=O)Nc4ccc(C)cc4)cc3C(=O)N2c2ccc(C)cc2)cc1OC. The largest absolute Gasteiger partial charge is 0.493 e. The Labute approximate surface area is 283 Å². The van der Waals surface area contributed by atoms with Gasteiger partial charge < -0.3 is 14.4 Å². The third kappa shape index (κ3) is 6.43. The molecule has 1 heterocycles. The van der Waals surface area contributed by atoms with E-state index in [1.165, 1.54) is 6.07 Å². The summed E-state index contributed by atoms with van der Waals surface area (Å²) in [6.45, 7) is 4.34. The quantitative estimate of drug-likeness (QED) is 0.166. The Hall–Kier alpha value is -4.80. The number of sulfonamides is 1. The number of anilines is 3. The first-order valence-corrected chi connectivity index (χ1v) is 17.2. The van der Waals surface area contributed by atoms with Gasteiger partial charge in [0.25, 0.3) is 15.9 Å². The lowest BCUT2D eigenvalue weighted by atomic mass is 9.98. The maximum atomic E-state index is 14.8. The Morgan fingerprint density at radius 2 is 1.40 bits per heavy atom. The number of hydrogen-bond donors (Lipinski definition) is 1. The van der Waals surface area contributed by atoms with Gasteiger partial charge in [0.05, 0.1) is 30.4 Å². The number of carbonyl (C=O) groups is 1. The lowest BCUT2D eigenvalue weighted by molar-refractivity contribution is 0.0967. The van der Waals surface area contributed by atoms with Crippen LogP contribution in [0.15, 0.2) is 119 Å². The predicted octanol–water partition coefficient (Wildman–Crippen LogP) is 8.25. The minimum absolute atomic E-state index is 0.0144. The molecular formula is C37H34BrN3O5S. The summed E-state index contributed by atoms with van der Waals surface area (Å²) in [5, 5.41) is 0. The average Bonchev–Trinajstić information content (AvgIpc) is 3.07. The minimum atomic E-state index is -4.01. The van der Waals surface area contributed by atoms with Crippen molar-refractivity contribution >= 4 is 48.9 Å². The van der Waals surface area contributed by atoms with E-state index in [1.54, 1.807) is 43.4 Å². The summed E-state index contributed by atoms with van der Waals surface area (Å²) in [6.07, 6.45) is -0.653. The van der Waals surface area contributed by atoms with Crippen molar-refractivity contribution in [1.29, 1.82) is 0 Å². The highest BCUT2D eigenvalue weighted by Gasteiger charge is 2.41. The zero-order valence-corrected chi connectivity index (χ0v) is 28.8. The van der Waals surface area contributed by atoms with E-state index in [0.29, 0.717) is 39.6 Å². The first-order valence-electron chi connectivity index (χ1n) is 15.0. The summed E-state index contributed by atoms with van der Waals surface area (Å²) in [5.74, 6) is 0.710. The maximum absolute atomic E-state index is 14.8. The molecule has 5 aromatic rings. The van der Waals surface area contributed by atoms with Crippen molar-refractivity contribution in [3.05, 3.63) is 141 Å². The van der Waals surface area contributed by atoms with E-state index in [1.807, 2.05) is 92.7 Å². The highest BCUT2D eigenvalue weighted by atomic mass is 79.9. The van der Waals surface area contributed by atoms with Gasteiger partial charge in [0, 0.05) is 28.0 Å². The molecule has 0 saturated heterocycles. The van der Waals surface area contributed by atoms with Gasteiger partial charge in [-0.25, -0.2) is 8.42 Å². The van der Waals surface area contributed by atoms with Crippen molar-refractivity contribution in [1.82, 2.24) is 0 Å². The number of nitrogens with one attached hydrogen (secondary N) is 1. The van der Waals surface area contributed by atoms with Crippen molar-refractivity contribution in [3.63, 3.8) is 0 Å². The average molecular weight is 713 g/mol. The van der Waals surface area contributed by atoms with Crippen LogP contribution in [0.5, 0.6) is 11.5 Å². The fraction of sp³-hybridized carbons (Fsp3) is 0.162. The maximum Gasteiger partial charge on any atom is 0.262 e. The fourth-order valence-electron chi connectivity index (χ4n) is 5.74. The second-order valence-electron chi connectivity index (χ2n) is 11.4. The number of nitrogens with zero attached hydrogens (tertiary/aromatic N) is 2. The van der Waals surface area contributed by atoms with Crippen molar-refractivity contribution < 1.29 is 22.7 Å². The van der Waals surface area contributed by atoms with Gasteiger partial charge in [-0.3, -0.25) is 14.4 Å².